The summed E-state index contributed by atoms with van der Waals surface area (Å²) < 4.78 is 37.0. The van der Waals surface area contributed by atoms with Gasteiger partial charge in [0.05, 0.1) is 4.88 Å². The molecule has 0 N–H and O–H groups in total. The number of rotatable bonds is 2. The largest absolute Gasteiger partial charge is 0.443 e. The normalized spacial score (nSPS) is 11.5. The Hall–Kier alpha value is -1.76. The Kier molecular flexibility index (Phi) is 2.93. The van der Waals surface area contributed by atoms with Crippen LogP contribution in [0.4, 0.5) is 13.2 Å². The van der Waals surface area contributed by atoms with Crippen LogP contribution in [0.25, 0.3) is 10.4 Å². The molecule has 2 rings (SSSR count). The lowest BCUT2D eigenvalue weighted by atomic mass is 10.2. The van der Waals surface area contributed by atoms with Gasteiger partial charge >= 0.3 is 6.18 Å². The fraction of sp³-hybridized carbons (Fsp3) is 0.100. The number of thiazole rings is 1. The summed E-state index contributed by atoms with van der Waals surface area (Å²) in [6.07, 6.45) is -0.0111. The summed E-state index contributed by atoms with van der Waals surface area (Å²) in [4.78, 5) is 17.9. The van der Waals surface area contributed by atoms with Crippen LogP contribution in [0, 0.1) is 0 Å². The molecule has 2 aromatic rings. The first-order valence-corrected chi connectivity index (χ1v) is 5.26. The van der Waals surface area contributed by atoms with Crippen LogP contribution in [0.1, 0.15) is 15.4 Å². The van der Waals surface area contributed by atoms with Crippen molar-refractivity contribution < 1.29 is 18.0 Å². The number of pyridine rings is 1. The van der Waals surface area contributed by atoms with Gasteiger partial charge in [0.25, 0.3) is 0 Å². The van der Waals surface area contributed by atoms with Crippen molar-refractivity contribution in [2.45, 2.75) is 6.18 Å². The summed E-state index contributed by atoms with van der Waals surface area (Å²) in [6, 6.07) is 1.47. The van der Waals surface area contributed by atoms with Crippen molar-refractivity contribution in [2.75, 3.05) is 0 Å². The van der Waals surface area contributed by atoms with E-state index < -0.39 is 11.2 Å². The number of hydrogen-bond acceptors (Lipinski definition) is 4. The molecule has 3 nitrogen and oxygen atoms in total. The van der Waals surface area contributed by atoms with E-state index in [0.717, 1.165) is 6.20 Å². The van der Waals surface area contributed by atoms with E-state index in [1.807, 2.05) is 0 Å². The molecule has 7 heteroatoms. The second-order valence-corrected chi connectivity index (χ2v) is 4.18. The first-order chi connectivity index (χ1) is 8.00. The van der Waals surface area contributed by atoms with Gasteiger partial charge in [0, 0.05) is 29.7 Å². The molecule has 17 heavy (non-hydrogen) atoms. The standard InChI is InChI=1S/C10H5F3N2OS/c11-10(12,13)9-15-4-8(17-9)7-1-6(5-16)2-14-3-7/h1-5H. The molecule has 0 bridgehead atoms. The third-order valence-electron chi connectivity index (χ3n) is 1.93. The quantitative estimate of drug-likeness (QED) is 0.777. The average molecular weight is 258 g/mol. The Morgan fingerprint density at radius 3 is 2.59 bits per heavy atom. The average Bonchev–Trinajstić information content (AvgIpc) is 2.78. The highest BCUT2D eigenvalue weighted by Gasteiger charge is 2.34. The minimum Gasteiger partial charge on any atom is -0.298 e. The molecule has 0 saturated carbocycles. The van der Waals surface area contributed by atoms with Crippen molar-refractivity contribution in [1.82, 2.24) is 9.97 Å². The van der Waals surface area contributed by atoms with E-state index in [1.54, 1.807) is 0 Å². The van der Waals surface area contributed by atoms with Crippen molar-refractivity contribution in [3.8, 4) is 10.4 Å². The van der Waals surface area contributed by atoms with Crippen molar-refractivity contribution in [3.63, 3.8) is 0 Å². The second-order valence-electron chi connectivity index (χ2n) is 3.15. The zero-order chi connectivity index (χ0) is 12.5. The van der Waals surface area contributed by atoms with Gasteiger partial charge in [-0.05, 0) is 6.07 Å². The number of alkyl halides is 3. The minimum absolute atomic E-state index is 0.310. The fourth-order valence-corrected chi connectivity index (χ4v) is 1.96. The van der Waals surface area contributed by atoms with Gasteiger partial charge in [-0.2, -0.15) is 13.2 Å². The third kappa shape index (κ3) is 2.50. The Balaban J connectivity index is 2.40. The lowest BCUT2D eigenvalue weighted by Gasteiger charge is -1.99. The molecule has 0 unspecified atom stereocenters. The highest BCUT2D eigenvalue weighted by molar-refractivity contribution is 7.15. The monoisotopic (exact) mass is 258 g/mol. The van der Waals surface area contributed by atoms with Crippen LogP contribution in [0.3, 0.4) is 0 Å². The van der Waals surface area contributed by atoms with Gasteiger partial charge in [0.15, 0.2) is 11.3 Å². The summed E-state index contributed by atoms with van der Waals surface area (Å²) in [5.41, 5.74) is 0.757. The molecule has 0 saturated heterocycles. The molecule has 0 aliphatic heterocycles. The van der Waals surface area contributed by atoms with Crippen molar-refractivity contribution in [2.24, 2.45) is 0 Å². The highest BCUT2D eigenvalue weighted by Crippen LogP contribution is 2.36. The molecule has 0 aliphatic carbocycles. The van der Waals surface area contributed by atoms with Crippen LogP contribution in [-0.2, 0) is 6.18 Å². The van der Waals surface area contributed by atoms with E-state index in [1.165, 1.54) is 18.5 Å². The molecule has 0 spiro atoms. The van der Waals surface area contributed by atoms with Gasteiger partial charge in [-0.1, -0.05) is 0 Å². The third-order valence-corrected chi connectivity index (χ3v) is 3.02. The summed E-state index contributed by atoms with van der Waals surface area (Å²) in [7, 11) is 0. The SMILES string of the molecule is O=Cc1cncc(-c2cnc(C(F)(F)F)s2)c1. The number of carbonyl (C=O) groups is 1. The van der Waals surface area contributed by atoms with E-state index in [0.29, 0.717) is 33.6 Å². The zero-order valence-corrected chi connectivity index (χ0v) is 9.05. The van der Waals surface area contributed by atoms with Crippen LogP contribution in [-0.4, -0.2) is 16.3 Å². The first kappa shape index (κ1) is 11.7. The Morgan fingerprint density at radius 2 is 2.00 bits per heavy atom. The van der Waals surface area contributed by atoms with Crippen molar-refractivity contribution in [3.05, 3.63) is 35.2 Å². The summed E-state index contributed by atoms with van der Waals surface area (Å²) >= 11 is 0.520. The topological polar surface area (TPSA) is 42.9 Å². The second kappa shape index (κ2) is 4.25. The molecular weight excluding hydrogens is 253 g/mol. The van der Waals surface area contributed by atoms with Gasteiger partial charge < -0.3 is 0 Å². The number of nitrogens with zero attached hydrogens (tertiary/aromatic N) is 2. The summed E-state index contributed by atoms with van der Waals surface area (Å²) in [5.74, 6) is 0. The summed E-state index contributed by atoms with van der Waals surface area (Å²) in [6.45, 7) is 0. The molecule has 2 aromatic heterocycles. The van der Waals surface area contributed by atoms with E-state index in [-0.39, 0.29) is 0 Å². The molecule has 2 heterocycles. The predicted molar refractivity (Wildman–Crippen MR) is 55.7 cm³/mol. The van der Waals surface area contributed by atoms with E-state index in [2.05, 4.69) is 9.97 Å². The number of hydrogen-bond donors (Lipinski definition) is 0. The molecule has 0 aliphatic rings. The molecule has 88 valence electrons. The van der Waals surface area contributed by atoms with Gasteiger partial charge in [-0.15, -0.1) is 11.3 Å². The van der Waals surface area contributed by atoms with E-state index in [4.69, 9.17) is 0 Å². The highest BCUT2D eigenvalue weighted by atomic mass is 32.1. The summed E-state index contributed by atoms with van der Waals surface area (Å²) in [5, 5.41) is -0.913. The Morgan fingerprint density at radius 1 is 1.24 bits per heavy atom. The van der Waals surface area contributed by atoms with Crippen LogP contribution in [0.2, 0.25) is 0 Å². The Bertz CT molecular complexity index is 550. The van der Waals surface area contributed by atoms with Gasteiger partial charge in [0.1, 0.15) is 0 Å². The molecule has 0 fully saturated rings. The van der Waals surface area contributed by atoms with E-state index >= 15 is 0 Å². The smallest absolute Gasteiger partial charge is 0.298 e. The first-order valence-electron chi connectivity index (χ1n) is 4.44. The van der Waals surface area contributed by atoms with Crippen LogP contribution in [0.15, 0.2) is 24.7 Å². The van der Waals surface area contributed by atoms with Crippen LogP contribution >= 0.6 is 11.3 Å². The van der Waals surface area contributed by atoms with Crippen LogP contribution < -0.4 is 0 Å². The van der Waals surface area contributed by atoms with Crippen molar-refractivity contribution >= 4 is 17.6 Å². The molecular formula is C10H5F3N2OS. The zero-order valence-electron chi connectivity index (χ0n) is 8.23. The van der Waals surface area contributed by atoms with Gasteiger partial charge in [-0.3, -0.25) is 9.78 Å². The maximum Gasteiger partial charge on any atom is 0.443 e. The minimum atomic E-state index is -4.45. The molecule has 0 atom stereocenters. The van der Waals surface area contributed by atoms with Gasteiger partial charge in [0.2, 0.25) is 0 Å². The lowest BCUT2D eigenvalue weighted by molar-refractivity contribution is -0.137. The predicted octanol–water partition coefficient (Wildman–Crippen LogP) is 3.04. The molecule has 0 radical (unpaired) electrons. The number of carbonyl (C=O) groups excluding carboxylic acids is 1. The van der Waals surface area contributed by atoms with Crippen molar-refractivity contribution in [1.29, 1.82) is 0 Å². The maximum atomic E-state index is 12.3. The fourth-order valence-electron chi connectivity index (χ4n) is 1.20. The maximum absolute atomic E-state index is 12.3. The lowest BCUT2D eigenvalue weighted by Crippen LogP contribution is -2.02. The number of aldehydes is 1. The van der Waals surface area contributed by atoms with E-state index in [9.17, 15) is 18.0 Å². The number of halogens is 3. The molecule has 0 aromatic carbocycles. The molecule has 0 amide bonds. The van der Waals surface area contributed by atoms with Crippen LogP contribution in [0.5, 0.6) is 0 Å². The Labute approximate surface area is 98.0 Å². The van der Waals surface area contributed by atoms with Gasteiger partial charge in [-0.25, -0.2) is 4.98 Å². The number of aromatic nitrogens is 2.